The minimum Gasteiger partial charge on any atom is -0.508 e. The van der Waals surface area contributed by atoms with Crippen LogP contribution in [0.25, 0.3) is 0 Å². The van der Waals surface area contributed by atoms with Crippen molar-refractivity contribution in [2.45, 2.75) is 103 Å². The molecule has 1 rings (SSSR count). The van der Waals surface area contributed by atoms with Crippen molar-refractivity contribution in [1.29, 1.82) is 0 Å². The van der Waals surface area contributed by atoms with Crippen LogP contribution < -0.4 is 0 Å². The van der Waals surface area contributed by atoms with Crippen molar-refractivity contribution in [2.24, 2.45) is 0 Å². The Bertz CT molecular complexity index is 722. The second-order valence-electron chi connectivity index (χ2n) is 8.50. The van der Waals surface area contributed by atoms with Gasteiger partial charge in [0.2, 0.25) is 5.78 Å². The molecule has 0 radical (unpaired) electrons. The molecule has 5 nitrogen and oxygen atoms in total. The quantitative estimate of drug-likeness (QED) is 0.159. The van der Waals surface area contributed by atoms with E-state index in [1.807, 2.05) is 0 Å². The molecule has 0 aromatic carbocycles. The predicted octanol–water partition coefficient (Wildman–Crippen LogP) is 6.35. The molecule has 0 aromatic heterocycles. The van der Waals surface area contributed by atoms with Crippen LogP contribution in [0.3, 0.4) is 0 Å². The number of aliphatic hydroxyl groups excluding tert-OH is 2. The summed E-state index contributed by atoms with van der Waals surface area (Å²) < 4.78 is 0. The van der Waals surface area contributed by atoms with Gasteiger partial charge in [-0.3, -0.25) is 9.59 Å². The molecule has 0 bridgehead atoms. The Morgan fingerprint density at radius 1 is 0.903 bits per heavy atom. The molecule has 5 heteroatoms. The van der Waals surface area contributed by atoms with Gasteiger partial charge in [0.15, 0.2) is 11.4 Å². The van der Waals surface area contributed by atoms with Crippen LogP contribution in [0.2, 0.25) is 0 Å². The van der Waals surface area contributed by atoms with Crippen molar-refractivity contribution in [3.63, 3.8) is 0 Å². The van der Waals surface area contributed by atoms with Crippen LogP contribution in [-0.4, -0.2) is 32.5 Å². The van der Waals surface area contributed by atoms with E-state index in [1.54, 1.807) is 0 Å². The Labute approximate surface area is 187 Å². The standard InChI is InChI=1S/C26H40O5/c1-4-5-6-7-8-9-10-11-12-13-14-15-16-17-18-19-21(27)22-23(28)20(2)24(29)26(3,31)25(22)30/h8-9,11-12,28-29,31H,4-7,10,13-19H2,1-3H3/b9-8-,12-11-/t26-/m1/s1. The maximum Gasteiger partial charge on any atom is 0.209 e. The lowest BCUT2D eigenvalue weighted by atomic mass is 9.81. The molecule has 0 fully saturated rings. The van der Waals surface area contributed by atoms with Crippen LogP contribution in [-0.2, 0) is 9.59 Å². The van der Waals surface area contributed by atoms with Gasteiger partial charge in [0, 0.05) is 12.0 Å². The summed E-state index contributed by atoms with van der Waals surface area (Å²) >= 11 is 0. The van der Waals surface area contributed by atoms with Gasteiger partial charge in [-0.2, -0.15) is 0 Å². The minimum atomic E-state index is -2.17. The molecule has 0 unspecified atom stereocenters. The average Bonchev–Trinajstić information content (AvgIpc) is 2.74. The number of Topliss-reactive ketones (excluding diaryl/α,β-unsaturated/α-hetero) is 2. The molecule has 0 heterocycles. The summed E-state index contributed by atoms with van der Waals surface area (Å²) in [6, 6.07) is 0. The summed E-state index contributed by atoms with van der Waals surface area (Å²) in [5.41, 5.74) is -2.60. The van der Waals surface area contributed by atoms with Crippen LogP contribution in [0, 0.1) is 0 Å². The van der Waals surface area contributed by atoms with E-state index in [0.717, 1.165) is 45.4 Å². The summed E-state index contributed by atoms with van der Waals surface area (Å²) in [6.07, 6.45) is 20.8. The number of carbonyl (C=O) groups excluding carboxylic acids is 2. The lowest BCUT2D eigenvalue weighted by molar-refractivity contribution is -0.133. The van der Waals surface area contributed by atoms with Gasteiger partial charge in [0.05, 0.1) is 0 Å². The van der Waals surface area contributed by atoms with E-state index >= 15 is 0 Å². The monoisotopic (exact) mass is 432 g/mol. The first kappa shape index (κ1) is 26.9. The topological polar surface area (TPSA) is 94.8 Å². The van der Waals surface area contributed by atoms with Crippen LogP contribution >= 0.6 is 0 Å². The van der Waals surface area contributed by atoms with Crippen LogP contribution in [0.1, 0.15) is 97.8 Å². The lowest BCUT2D eigenvalue weighted by Gasteiger charge is -2.28. The zero-order chi connectivity index (χ0) is 23.3. The molecule has 0 aliphatic heterocycles. The highest BCUT2D eigenvalue weighted by Gasteiger charge is 2.45. The van der Waals surface area contributed by atoms with Gasteiger partial charge in [0.1, 0.15) is 17.1 Å². The Kier molecular flexibility index (Phi) is 12.2. The molecule has 0 spiro atoms. The van der Waals surface area contributed by atoms with Crippen molar-refractivity contribution in [1.82, 2.24) is 0 Å². The van der Waals surface area contributed by atoms with Gasteiger partial charge in [-0.25, -0.2) is 0 Å². The van der Waals surface area contributed by atoms with E-state index in [2.05, 4.69) is 31.2 Å². The van der Waals surface area contributed by atoms with Gasteiger partial charge in [0.25, 0.3) is 0 Å². The molecule has 0 saturated carbocycles. The molecule has 1 aliphatic carbocycles. The van der Waals surface area contributed by atoms with Gasteiger partial charge < -0.3 is 15.3 Å². The summed E-state index contributed by atoms with van der Waals surface area (Å²) in [6.45, 7) is 4.72. The Balaban J connectivity index is 2.21. The molecule has 3 N–H and O–H groups in total. The number of unbranched alkanes of at least 4 members (excludes halogenated alkanes) is 8. The maximum atomic E-state index is 12.4. The lowest BCUT2D eigenvalue weighted by Crippen LogP contribution is -2.44. The normalized spacial score (nSPS) is 19.9. The number of allylic oxidation sites excluding steroid dienone is 5. The van der Waals surface area contributed by atoms with E-state index in [1.165, 1.54) is 32.6 Å². The van der Waals surface area contributed by atoms with E-state index in [9.17, 15) is 24.9 Å². The third-order valence-corrected chi connectivity index (χ3v) is 5.71. The smallest absolute Gasteiger partial charge is 0.209 e. The third kappa shape index (κ3) is 8.48. The van der Waals surface area contributed by atoms with Crippen LogP contribution in [0.4, 0.5) is 0 Å². The number of hydrogen-bond donors (Lipinski definition) is 3. The molecule has 31 heavy (non-hydrogen) atoms. The maximum absolute atomic E-state index is 12.4. The number of aliphatic hydroxyl groups is 3. The average molecular weight is 433 g/mol. The van der Waals surface area contributed by atoms with Gasteiger partial charge in [-0.05, 0) is 52.4 Å². The highest BCUT2D eigenvalue weighted by molar-refractivity contribution is 6.25. The van der Waals surface area contributed by atoms with Gasteiger partial charge in [-0.1, -0.05) is 63.3 Å². The number of ketones is 2. The fraction of sp³-hybridized carbons (Fsp3) is 0.615. The highest BCUT2D eigenvalue weighted by Crippen LogP contribution is 2.33. The van der Waals surface area contributed by atoms with Crippen molar-refractivity contribution >= 4 is 11.6 Å². The molecule has 0 amide bonds. The summed E-state index contributed by atoms with van der Waals surface area (Å²) in [4.78, 5) is 24.7. The van der Waals surface area contributed by atoms with E-state index in [0.29, 0.717) is 6.42 Å². The first-order valence-corrected chi connectivity index (χ1v) is 11.7. The number of rotatable bonds is 15. The third-order valence-electron chi connectivity index (χ3n) is 5.71. The van der Waals surface area contributed by atoms with E-state index in [4.69, 9.17) is 0 Å². The second kappa shape index (κ2) is 14.0. The van der Waals surface area contributed by atoms with Gasteiger partial charge in [-0.15, -0.1) is 0 Å². The fourth-order valence-corrected chi connectivity index (χ4v) is 3.60. The first-order valence-electron chi connectivity index (χ1n) is 11.7. The Hall–Kier alpha value is -2.14. The summed E-state index contributed by atoms with van der Waals surface area (Å²) in [5, 5.41) is 30.1. The van der Waals surface area contributed by atoms with Crippen molar-refractivity contribution in [3.05, 3.63) is 47.0 Å². The van der Waals surface area contributed by atoms with E-state index < -0.39 is 34.3 Å². The zero-order valence-corrected chi connectivity index (χ0v) is 19.5. The van der Waals surface area contributed by atoms with Crippen molar-refractivity contribution in [2.75, 3.05) is 0 Å². The predicted molar refractivity (Wildman–Crippen MR) is 125 cm³/mol. The molecular formula is C26H40O5. The highest BCUT2D eigenvalue weighted by atomic mass is 16.3. The molecular weight excluding hydrogens is 392 g/mol. The second-order valence-corrected chi connectivity index (χ2v) is 8.50. The zero-order valence-electron chi connectivity index (χ0n) is 19.5. The molecule has 0 aromatic rings. The van der Waals surface area contributed by atoms with Crippen molar-refractivity contribution < 1.29 is 24.9 Å². The number of hydrogen-bond acceptors (Lipinski definition) is 5. The van der Waals surface area contributed by atoms with Crippen LogP contribution in [0.5, 0.6) is 0 Å². The largest absolute Gasteiger partial charge is 0.508 e. The Morgan fingerprint density at radius 3 is 2.06 bits per heavy atom. The fourth-order valence-electron chi connectivity index (χ4n) is 3.60. The SMILES string of the molecule is CCCCC/C=C\C/C=C\CCCCCCCC(=O)C1=C(O)C(C)=C(O)[C@@](C)(O)C1=O. The Morgan fingerprint density at radius 2 is 1.45 bits per heavy atom. The first-order chi connectivity index (χ1) is 14.7. The molecule has 174 valence electrons. The molecule has 0 saturated heterocycles. The molecule has 1 atom stereocenters. The summed E-state index contributed by atoms with van der Waals surface area (Å²) in [7, 11) is 0. The minimum absolute atomic E-state index is 0.0343. The molecule has 1 aliphatic rings. The van der Waals surface area contributed by atoms with Gasteiger partial charge >= 0.3 is 0 Å². The summed E-state index contributed by atoms with van der Waals surface area (Å²) in [5.74, 6) is -2.56. The van der Waals surface area contributed by atoms with E-state index in [-0.39, 0.29) is 12.0 Å². The van der Waals surface area contributed by atoms with Crippen LogP contribution in [0.15, 0.2) is 47.0 Å². The number of carbonyl (C=O) groups is 2. The van der Waals surface area contributed by atoms with Crippen molar-refractivity contribution in [3.8, 4) is 0 Å².